The summed E-state index contributed by atoms with van der Waals surface area (Å²) < 4.78 is 0. The highest BCUT2D eigenvalue weighted by atomic mass is 16.2. The van der Waals surface area contributed by atoms with E-state index in [1.807, 2.05) is 43.3 Å². The van der Waals surface area contributed by atoms with E-state index in [2.05, 4.69) is 20.3 Å². The van der Waals surface area contributed by atoms with Gasteiger partial charge in [0.1, 0.15) is 11.9 Å². The fourth-order valence-electron chi connectivity index (χ4n) is 3.22. The van der Waals surface area contributed by atoms with Crippen molar-refractivity contribution >= 4 is 22.8 Å². The quantitative estimate of drug-likeness (QED) is 0.462. The normalized spacial score (nSPS) is 11.9. The van der Waals surface area contributed by atoms with Crippen LogP contribution in [0.25, 0.3) is 22.4 Å². The van der Waals surface area contributed by atoms with Crippen molar-refractivity contribution in [3.63, 3.8) is 0 Å². The third kappa shape index (κ3) is 4.20. The lowest BCUT2D eigenvalue weighted by molar-refractivity contribution is -0.119. The number of aromatic amines is 1. The Morgan fingerprint density at radius 3 is 2.50 bits per heavy atom. The maximum Gasteiger partial charge on any atom is 0.252 e. The predicted octanol–water partition coefficient (Wildman–Crippen LogP) is 2.76. The molecule has 4 N–H and O–H groups in total. The number of fused-ring (bicyclic) bond motifs is 1. The first kappa shape index (κ1) is 19.3. The highest BCUT2D eigenvalue weighted by molar-refractivity contribution is 6.00. The minimum absolute atomic E-state index is 0.333. The maximum absolute atomic E-state index is 12.8. The lowest BCUT2D eigenvalue weighted by Crippen LogP contribution is -2.45. The van der Waals surface area contributed by atoms with E-state index in [0.29, 0.717) is 17.8 Å². The van der Waals surface area contributed by atoms with Gasteiger partial charge in [0.2, 0.25) is 5.91 Å². The number of aryl methyl sites for hydroxylation is 1. The second-order valence-corrected chi connectivity index (χ2v) is 7.17. The minimum atomic E-state index is -0.801. The molecule has 2 aromatic heterocycles. The number of primary amides is 1. The van der Waals surface area contributed by atoms with Gasteiger partial charge in [0.05, 0.1) is 11.0 Å². The number of nitrogens with two attached hydrogens (primary N) is 1. The summed E-state index contributed by atoms with van der Waals surface area (Å²) in [6.45, 7) is 1.99. The van der Waals surface area contributed by atoms with Crippen molar-refractivity contribution in [2.45, 2.75) is 19.4 Å². The summed E-state index contributed by atoms with van der Waals surface area (Å²) in [5.74, 6) is -0.251. The SMILES string of the molecule is Cc1ccc(CC(NC(=O)c2ccc3nc(-c4ccncc4)[nH]c3c2)C(N)=O)cc1. The van der Waals surface area contributed by atoms with Crippen LogP contribution in [0.2, 0.25) is 0 Å². The van der Waals surface area contributed by atoms with E-state index >= 15 is 0 Å². The van der Waals surface area contributed by atoms with E-state index < -0.39 is 11.9 Å². The zero-order chi connectivity index (χ0) is 21.1. The number of aromatic nitrogens is 3. The van der Waals surface area contributed by atoms with Crippen LogP contribution >= 0.6 is 0 Å². The van der Waals surface area contributed by atoms with Gasteiger partial charge in [-0.15, -0.1) is 0 Å². The molecule has 4 aromatic rings. The van der Waals surface area contributed by atoms with Crippen LogP contribution in [0.1, 0.15) is 21.5 Å². The molecule has 2 heterocycles. The summed E-state index contributed by atoms with van der Waals surface area (Å²) in [6.07, 6.45) is 3.72. The average Bonchev–Trinajstić information content (AvgIpc) is 3.18. The molecule has 0 aliphatic rings. The van der Waals surface area contributed by atoms with Gasteiger partial charge in [-0.3, -0.25) is 14.6 Å². The van der Waals surface area contributed by atoms with Gasteiger partial charge in [-0.25, -0.2) is 4.98 Å². The van der Waals surface area contributed by atoms with Crippen LogP contribution < -0.4 is 11.1 Å². The molecule has 0 bridgehead atoms. The van der Waals surface area contributed by atoms with Crippen LogP contribution in [0.3, 0.4) is 0 Å². The monoisotopic (exact) mass is 399 g/mol. The molecule has 1 unspecified atom stereocenters. The molecule has 0 aliphatic carbocycles. The Morgan fingerprint density at radius 2 is 1.80 bits per heavy atom. The van der Waals surface area contributed by atoms with Crippen molar-refractivity contribution in [3.8, 4) is 11.4 Å². The Labute approximate surface area is 173 Å². The molecule has 0 fully saturated rings. The molecule has 7 nitrogen and oxygen atoms in total. The topological polar surface area (TPSA) is 114 Å². The number of H-pyrrole nitrogens is 1. The number of pyridine rings is 1. The van der Waals surface area contributed by atoms with Crippen LogP contribution in [0.5, 0.6) is 0 Å². The number of rotatable bonds is 6. The Balaban J connectivity index is 1.54. The standard InChI is InChI=1S/C23H21N5O2/c1-14-2-4-15(5-3-14)12-20(21(24)29)28-23(30)17-6-7-18-19(13-17)27-22(26-18)16-8-10-25-11-9-16/h2-11,13,20H,12H2,1H3,(H2,24,29)(H,26,27)(H,28,30). The molecule has 7 heteroatoms. The molecule has 0 radical (unpaired) electrons. The van der Waals surface area contributed by atoms with E-state index in [1.54, 1.807) is 30.6 Å². The highest BCUT2D eigenvalue weighted by Gasteiger charge is 2.20. The maximum atomic E-state index is 12.8. The van der Waals surface area contributed by atoms with Crippen molar-refractivity contribution in [1.29, 1.82) is 0 Å². The van der Waals surface area contributed by atoms with E-state index in [0.717, 1.165) is 27.7 Å². The van der Waals surface area contributed by atoms with Crippen molar-refractivity contribution in [2.24, 2.45) is 5.73 Å². The van der Waals surface area contributed by atoms with Crippen LogP contribution in [0.4, 0.5) is 0 Å². The second-order valence-electron chi connectivity index (χ2n) is 7.17. The third-order valence-corrected chi connectivity index (χ3v) is 4.91. The fourth-order valence-corrected chi connectivity index (χ4v) is 3.22. The predicted molar refractivity (Wildman–Crippen MR) is 115 cm³/mol. The zero-order valence-corrected chi connectivity index (χ0v) is 16.4. The Bertz CT molecular complexity index is 1200. The lowest BCUT2D eigenvalue weighted by atomic mass is 10.0. The molecule has 0 aliphatic heterocycles. The molecule has 0 spiro atoms. The molecule has 0 saturated carbocycles. The largest absolute Gasteiger partial charge is 0.368 e. The smallest absolute Gasteiger partial charge is 0.252 e. The van der Waals surface area contributed by atoms with Crippen molar-refractivity contribution in [1.82, 2.24) is 20.3 Å². The lowest BCUT2D eigenvalue weighted by Gasteiger charge is -2.16. The third-order valence-electron chi connectivity index (χ3n) is 4.91. The number of carbonyl (C=O) groups is 2. The first-order valence-corrected chi connectivity index (χ1v) is 9.55. The van der Waals surface area contributed by atoms with Crippen LogP contribution in [0.15, 0.2) is 67.0 Å². The zero-order valence-electron chi connectivity index (χ0n) is 16.4. The molecule has 150 valence electrons. The van der Waals surface area contributed by atoms with Gasteiger partial charge >= 0.3 is 0 Å². The Kier molecular flexibility index (Phi) is 5.26. The Hall–Kier alpha value is -4.00. The summed E-state index contributed by atoms with van der Waals surface area (Å²) >= 11 is 0. The van der Waals surface area contributed by atoms with Gasteiger partial charge in [0.15, 0.2) is 0 Å². The van der Waals surface area contributed by atoms with E-state index in [9.17, 15) is 9.59 Å². The second kappa shape index (κ2) is 8.16. The van der Waals surface area contributed by atoms with Crippen molar-refractivity contribution in [3.05, 3.63) is 83.7 Å². The number of nitrogens with zero attached hydrogens (tertiary/aromatic N) is 2. The van der Waals surface area contributed by atoms with Gasteiger partial charge in [-0.05, 0) is 42.8 Å². The molecule has 2 aromatic carbocycles. The molecule has 0 saturated heterocycles. The van der Waals surface area contributed by atoms with Crippen LogP contribution in [-0.2, 0) is 11.2 Å². The average molecular weight is 399 g/mol. The summed E-state index contributed by atoms with van der Waals surface area (Å²) in [6, 6.07) is 15.8. The molecule has 4 rings (SSSR count). The van der Waals surface area contributed by atoms with Gasteiger partial charge in [0, 0.05) is 29.9 Å². The Morgan fingerprint density at radius 1 is 1.07 bits per heavy atom. The molecule has 1 atom stereocenters. The van der Waals surface area contributed by atoms with Gasteiger partial charge in [-0.2, -0.15) is 0 Å². The van der Waals surface area contributed by atoms with Crippen LogP contribution in [0, 0.1) is 6.92 Å². The van der Waals surface area contributed by atoms with Gasteiger partial charge < -0.3 is 16.0 Å². The van der Waals surface area contributed by atoms with Crippen molar-refractivity contribution < 1.29 is 9.59 Å². The summed E-state index contributed by atoms with van der Waals surface area (Å²) in [4.78, 5) is 36.4. The first-order valence-electron chi connectivity index (χ1n) is 9.55. The molecular formula is C23H21N5O2. The number of nitrogens with one attached hydrogen (secondary N) is 2. The fraction of sp³-hybridized carbons (Fsp3) is 0.130. The minimum Gasteiger partial charge on any atom is -0.368 e. The molecule has 2 amide bonds. The van der Waals surface area contributed by atoms with Gasteiger partial charge in [-0.1, -0.05) is 29.8 Å². The summed E-state index contributed by atoms with van der Waals surface area (Å²) in [7, 11) is 0. The number of benzene rings is 2. The van der Waals surface area contributed by atoms with E-state index in [-0.39, 0.29) is 5.91 Å². The number of imidazole rings is 1. The van der Waals surface area contributed by atoms with Gasteiger partial charge in [0.25, 0.3) is 5.91 Å². The molecule has 30 heavy (non-hydrogen) atoms. The highest BCUT2D eigenvalue weighted by Crippen LogP contribution is 2.21. The number of carbonyl (C=O) groups excluding carboxylic acids is 2. The number of hydrogen-bond acceptors (Lipinski definition) is 4. The van der Waals surface area contributed by atoms with Crippen molar-refractivity contribution in [2.75, 3.05) is 0 Å². The summed E-state index contributed by atoms with van der Waals surface area (Å²) in [5, 5.41) is 2.74. The first-order chi connectivity index (χ1) is 14.5. The van der Waals surface area contributed by atoms with Crippen LogP contribution in [-0.4, -0.2) is 32.8 Å². The van der Waals surface area contributed by atoms with E-state index in [4.69, 9.17) is 5.73 Å². The molecular weight excluding hydrogens is 378 g/mol. The number of hydrogen-bond donors (Lipinski definition) is 3. The van der Waals surface area contributed by atoms with E-state index in [1.165, 1.54) is 0 Å². The summed E-state index contributed by atoms with van der Waals surface area (Å²) in [5.41, 5.74) is 10.4. The number of amides is 2.